The van der Waals surface area contributed by atoms with E-state index in [4.69, 9.17) is 14.0 Å². The number of hydrogen-bond acceptors (Lipinski definition) is 6. The maximum atomic E-state index is 6.36. The normalized spacial score (nSPS) is 30.6. The zero-order valence-corrected chi connectivity index (χ0v) is 16.1. The van der Waals surface area contributed by atoms with Crippen molar-refractivity contribution in [3.05, 3.63) is 41.5 Å². The summed E-state index contributed by atoms with van der Waals surface area (Å²) in [6, 6.07) is 8.80. The van der Waals surface area contributed by atoms with Gasteiger partial charge in [-0.2, -0.15) is 4.98 Å². The minimum atomic E-state index is -0.0493. The summed E-state index contributed by atoms with van der Waals surface area (Å²) < 4.78 is 18.1. The van der Waals surface area contributed by atoms with Crippen LogP contribution in [-0.2, 0) is 4.74 Å². The first-order valence-electron chi connectivity index (χ1n) is 10.8. The van der Waals surface area contributed by atoms with E-state index in [1.165, 1.54) is 37.7 Å². The Bertz CT molecular complexity index is 858. The molecule has 148 valence electrons. The lowest BCUT2D eigenvalue weighted by Crippen LogP contribution is -2.49. The van der Waals surface area contributed by atoms with Gasteiger partial charge in [-0.05, 0) is 51.0 Å². The lowest BCUT2D eigenvalue weighted by atomic mass is 9.73. The molecule has 6 rings (SSSR count). The predicted octanol–water partition coefficient (Wildman–Crippen LogP) is 4.20. The minimum Gasteiger partial charge on any atom is -0.487 e. The Morgan fingerprint density at radius 3 is 2.82 bits per heavy atom. The van der Waals surface area contributed by atoms with E-state index in [0.29, 0.717) is 17.9 Å². The van der Waals surface area contributed by atoms with Gasteiger partial charge in [0.15, 0.2) is 5.82 Å². The van der Waals surface area contributed by atoms with Gasteiger partial charge in [0.1, 0.15) is 17.5 Å². The van der Waals surface area contributed by atoms with E-state index in [0.717, 1.165) is 37.4 Å². The summed E-state index contributed by atoms with van der Waals surface area (Å²) in [7, 11) is 0. The van der Waals surface area contributed by atoms with Crippen molar-refractivity contribution >= 4 is 0 Å². The molecule has 1 spiro atoms. The summed E-state index contributed by atoms with van der Waals surface area (Å²) in [5.74, 6) is 3.09. The Morgan fingerprint density at radius 1 is 1.11 bits per heavy atom. The Kier molecular flexibility index (Phi) is 3.98. The third-order valence-electron chi connectivity index (χ3n) is 6.84. The van der Waals surface area contributed by atoms with Gasteiger partial charge < -0.3 is 19.3 Å². The maximum Gasteiger partial charge on any atom is 0.255 e. The van der Waals surface area contributed by atoms with Crippen LogP contribution in [0, 0.1) is 0 Å². The molecule has 3 fully saturated rings. The molecule has 2 aliphatic carbocycles. The molecule has 6 nitrogen and oxygen atoms in total. The van der Waals surface area contributed by atoms with E-state index in [1.54, 1.807) is 0 Å². The Labute approximate surface area is 165 Å². The van der Waals surface area contributed by atoms with Gasteiger partial charge in [-0.25, -0.2) is 0 Å². The molecular weight excluding hydrogens is 354 g/mol. The average Bonchev–Trinajstić information content (AvgIpc) is 3.24. The van der Waals surface area contributed by atoms with Gasteiger partial charge in [-0.1, -0.05) is 23.4 Å². The molecule has 4 aliphatic rings. The summed E-state index contributed by atoms with van der Waals surface area (Å²) in [5.41, 5.74) is 1.33. The predicted molar refractivity (Wildman–Crippen MR) is 102 cm³/mol. The standard InChI is InChI=1S/C22H27N3O3/c1-2-5-18-16(4-1)17(12-22(27-18)10-3-11-22)23-13-15-8-9-19(26-15)21-24-20(25-28-21)14-6-7-14/h1-2,4-5,14-15,17,19,23H,3,6-13H2/t15-,17?,19+/m1/s1. The molecule has 1 unspecified atom stereocenters. The second-order valence-electron chi connectivity index (χ2n) is 8.93. The van der Waals surface area contributed by atoms with Crippen LogP contribution in [-0.4, -0.2) is 28.4 Å². The van der Waals surface area contributed by atoms with E-state index >= 15 is 0 Å². The van der Waals surface area contributed by atoms with Crippen molar-refractivity contribution in [3.8, 4) is 5.75 Å². The van der Waals surface area contributed by atoms with Gasteiger partial charge in [0.2, 0.25) is 0 Å². The Morgan fingerprint density at radius 2 is 2.00 bits per heavy atom. The van der Waals surface area contributed by atoms with E-state index in [2.05, 4.69) is 39.7 Å². The van der Waals surface area contributed by atoms with Crippen molar-refractivity contribution in [2.75, 3.05) is 6.54 Å². The van der Waals surface area contributed by atoms with Crippen LogP contribution >= 0.6 is 0 Å². The molecule has 2 saturated carbocycles. The zero-order valence-electron chi connectivity index (χ0n) is 16.1. The van der Waals surface area contributed by atoms with Gasteiger partial charge in [-0.15, -0.1) is 0 Å². The van der Waals surface area contributed by atoms with Crippen LogP contribution in [0.2, 0.25) is 0 Å². The number of ether oxygens (including phenoxy) is 2. The van der Waals surface area contributed by atoms with Crippen LogP contribution in [0.3, 0.4) is 0 Å². The van der Waals surface area contributed by atoms with Crippen molar-refractivity contribution in [1.29, 1.82) is 0 Å². The quantitative estimate of drug-likeness (QED) is 0.837. The van der Waals surface area contributed by atoms with Gasteiger partial charge in [-0.3, -0.25) is 0 Å². The van der Waals surface area contributed by atoms with Crippen LogP contribution < -0.4 is 10.1 Å². The van der Waals surface area contributed by atoms with Crippen LogP contribution in [0.4, 0.5) is 0 Å². The van der Waals surface area contributed by atoms with Crippen molar-refractivity contribution in [2.24, 2.45) is 0 Å². The molecule has 3 atom stereocenters. The summed E-state index contributed by atoms with van der Waals surface area (Å²) in [5, 5.41) is 7.91. The molecule has 0 amide bonds. The molecule has 28 heavy (non-hydrogen) atoms. The number of aromatic nitrogens is 2. The minimum absolute atomic E-state index is 0.0493. The molecule has 1 aromatic carbocycles. The Balaban J connectivity index is 1.10. The molecule has 6 heteroatoms. The Hall–Kier alpha value is -1.92. The van der Waals surface area contributed by atoms with Crippen molar-refractivity contribution in [3.63, 3.8) is 0 Å². The highest BCUT2D eigenvalue weighted by atomic mass is 16.5. The summed E-state index contributed by atoms with van der Waals surface area (Å²) >= 11 is 0. The van der Waals surface area contributed by atoms with Crippen LogP contribution in [0.5, 0.6) is 5.75 Å². The van der Waals surface area contributed by atoms with Crippen molar-refractivity contribution in [1.82, 2.24) is 15.5 Å². The number of nitrogens with zero attached hydrogens (tertiary/aromatic N) is 2. The topological polar surface area (TPSA) is 69.4 Å². The van der Waals surface area contributed by atoms with Gasteiger partial charge in [0, 0.05) is 30.5 Å². The molecule has 3 heterocycles. The first-order valence-corrected chi connectivity index (χ1v) is 10.8. The second kappa shape index (κ2) is 6.56. The highest BCUT2D eigenvalue weighted by molar-refractivity contribution is 5.39. The summed E-state index contributed by atoms with van der Waals surface area (Å²) in [6.45, 7) is 0.842. The van der Waals surface area contributed by atoms with Crippen LogP contribution in [0.1, 0.15) is 86.7 Å². The molecule has 0 bridgehead atoms. The van der Waals surface area contributed by atoms with Crippen LogP contribution in [0.25, 0.3) is 0 Å². The third-order valence-corrected chi connectivity index (χ3v) is 6.84. The fraction of sp³-hybridized carbons (Fsp3) is 0.636. The number of benzene rings is 1. The highest BCUT2D eigenvalue weighted by Crippen LogP contribution is 2.48. The SMILES string of the molecule is c1ccc2c(c1)OC1(CCC1)CC2NC[C@H]1CC[C@@H](c2nc(C3CC3)no2)O1. The van der Waals surface area contributed by atoms with Crippen LogP contribution in [0.15, 0.2) is 28.8 Å². The van der Waals surface area contributed by atoms with Gasteiger partial charge in [0.25, 0.3) is 5.89 Å². The molecule has 1 N–H and O–H groups in total. The molecule has 1 aromatic heterocycles. The van der Waals surface area contributed by atoms with Crippen molar-refractivity contribution < 1.29 is 14.0 Å². The number of para-hydroxylation sites is 1. The highest BCUT2D eigenvalue weighted by Gasteiger charge is 2.45. The summed E-state index contributed by atoms with van der Waals surface area (Å²) in [4.78, 5) is 4.57. The monoisotopic (exact) mass is 381 g/mol. The number of hydrogen-bond donors (Lipinski definition) is 1. The number of nitrogens with one attached hydrogen (secondary N) is 1. The maximum absolute atomic E-state index is 6.36. The van der Waals surface area contributed by atoms with Gasteiger partial charge >= 0.3 is 0 Å². The smallest absolute Gasteiger partial charge is 0.255 e. The molecule has 0 radical (unpaired) electrons. The number of fused-ring (bicyclic) bond motifs is 1. The molecule has 2 aromatic rings. The van der Waals surface area contributed by atoms with E-state index < -0.39 is 0 Å². The van der Waals surface area contributed by atoms with E-state index in [9.17, 15) is 0 Å². The molecular formula is C22H27N3O3. The van der Waals surface area contributed by atoms with E-state index in [-0.39, 0.29) is 17.8 Å². The average molecular weight is 381 g/mol. The largest absolute Gasteiger partial charge is 0.487 e. The fourth-order valence-corrected chi connectivity index (χ4v) is 4.87. The first-order chi connectivity index (χ1) is 13.8. The van der Waals surface area contributed by atoms with Crippen molar-refractivity contribution in [2.45, 2.75) is 81.1 Å². The lowest BCUT2D eigenvalue weighted by molar-refractivity contribution is -0.0393. The zero-order chi connectivity index (χ0) is 18.6. The second-order valence-corrected chi connectivity index (χ2v) is 8.93. The van der Waals surface area contributed by atoms with Gasteiger partial charge in [0.05, 0.1) is 6.10 Å². The lowest BCUT2D eigenvalue weighted by Gasteiger charge is -2.48. The first kappa shape index (κ1) is 17.0. The third kappa shape index (κ3) is 3.03. The fourth-order valence-electron chi connectivity index (χ4n) is 4.87. The summed E-state index contributed by atoms with van der Waals surface area (Å²) in [6.07, 6.45) is 9.15. The van der Waals surface area contributed by atoms with E-state index in [1.807, 2.05) is 0 Å². The molecule has 2 aliphatic heterocycles. The number of rotatable bonds is 5. The molecule has 1 saturated heterocycles.